The van der Waals surface area contributed by atoms with Crippen LogP contribution in [0.2, 0.25) is 0 Å². The molecule has 1 fully saturated rings. The number of hydrogen-bond donors (Lipinski definition) is 1. The zero-order chi connectivity index (χ0) is 14.5. The molecule has 5 heteroatoms. The first-order valence-corrected chi connectivity index (χ1v) is 7.56. The van der Waals surface area contributed by atoms with Crippen LogP contribution in [0.1, 0.15) is 38.2 Å². The lowest BCUT2D eigenvalue weighted by Gasteiger charge is -2.38. The Bertz CT molecular complexity index is 438. The van der Waals surface area contributed by atoms with Crippen molar-refractivity contribution >= 4 is 5.82 Å². The summed E-state index contributed by atoms with van der Waals surface area (Å²) in [5.74, 6) is 2.21. The summed E-state index contributed by atoms with van der Waals surface area (Å²) in [6.45, 7) is 5.36. The van der Waals surface area contributed by atoms with Crippen molar-refractivity contribution < 1.29 is 4.74 Å². The number of rotatable bonds is 5. The molecule has 1 heterocycles. The smallest absolute Gasteiger partial charge is 0.221 e. The SMILES string of the molecule is CCOc1ncnc(N(C)C2CCCCC2CN)c1C. The Morgan fingerprint density at radius 2 is 2.10 bits per heavy atom. The molecule has 0 radical (unpaired) electrons. The molecule has 2 atom stereocenters. The van der Waals surface area contributed by atoms with E-state index in [1.165, 1.54) is 25.7 Å². The van der Waals surface area contributed by atoms with E-state index in [2.05, 4.69) is 21.9 Å². The predicted molar refractivity (Wildman–Crippen MR) is 81.1 cm³/mol. The molecule has 5 nitrogen and oxygen atoms in total. The zero-order valence-corrected chi connectivity index (χ0v) is 12.8. The Morgan fingerprint density at radius 3 is 2.80 bits per heavy atom. The van der Waals surface area contributed by atoms with Crippen LogP contribution < -0.4 is 15.4 Å². The molecule has 0 amide bonds. The van der Waals surface area contributed by atoms with Crippen LogP contribution in [0, 0.1) is 12.8 Å². The summed E-state index contributed by atoms with van der Waals surface area (Å²) in [5.41, 5.74) is 6.95. The van der Waals surface area contributed by atoms with Crippen molar-refractivity contribution in [2.75, 3.05) is 25.1 Å². The van der Waals surface area contributed by atoms with E-state index < -0.39 is 0 Å². The topological polar surface area (TPSA) is 64.3 Å². The fraction of sp³-hybridized carbons (Fsp3) is 0.733. The van der Waals surface area contributed by atoms with Crippen LogP contribution in [-0.4, -0.2) is 36.2 Å². The van der Waals surface area contributed by atoms with Gasteiger partial charge in [0, 0.05) is 13.1 Å². The van der Waals surface area contributed by atoms with Crippen molar-refractivity contribution in [1.82, 2.24) is 9.97 Å². The van der Waals surface area contributed by atoms with Gasteiger partial charge < -0.3 is 15.4 Å². The summed E-state index contributed by atoms with van der Waals surface area (Å²) in [6.07, 6.45) is 6.55. The van der Waals surface area contributed by atoms with Gasteiger partial charge in [-0.15, -0.1) is 0 Å². The second kappa shape index (κ2) is 6.88. The van der Waals surface area contributed by atoms with E-state index in [9.17, 15) is 0 Å². The van der Waals surface area contributed by atoms with Crippen molar-refractivity contribution in [2.45, 2.75) is 45.6 Å². The van der Waals surface area contributed by atoms with Crippen LogP contribution in [0.5, 0.6) is 5.88 Å². The van der Waals surface area contributed by atoms with Crippen molar-refractivity contribution in [3.8, 4) is 5.88 Å². The zero-order valence-electron chi connectivity index (χ0n) is 12.8. The maximum Gasteiger partial charge on any atom is 0.221 e. The standard InChI is InChI=1S/C15H26N4O/c1-4-20-15-11(2)14(17-10-18-15)19(3)13-8-6-5-7-12(13)9-16/h10,12-13H,4-9,16H2,1-3H3. The van der Waals surface area contributed by atoms with Crippen LogP contribution in [0.3, 0.4) is 0 Å². The molecule has 0 spiro atoms. The van der Waals surface area contributed by atoms with Gasteiger partial charge in [-0.25, -0.2) is 9.97 Å². The molecular formula is C15H26N4O. The highest BCUT2D eigenvalue weighted by molar-refractivity contribution is 5.50. The Morgan fingerprint density at radius 1 is 1.35 bits per heavy atom. The van der Waals surface area contributed by atoms with Crippen molar-refractivity contribution in [3.63, 3.8) is 0 Å². The molecule has 0 bridgehead atoms. The van der Waals surface area contributed by atoms with Gasteiger partial charge in [0.2, 0.25) is 5.88 Å². The van der Waals surface area contributed by atoms with E-state index in [4.69, 9.17) is 10.5 Å². The van der Waals surface area contributed by atoms with Gasteiger partial charge in [-0.05, 0) is 39.2 Å². The number of aromatic nitrogens is 2. The molecule has 1 aromatic heterocycles. The van der Waals surface area contributed by atoms with Gasteiger partial charge in [0.1, 0.15) is 12.1 Å². The maximum atomic E-state index is 5.94. The summed E-state index contributed by atoms with van der Waals surface area (Å²) in [5, 5.41) is 0. The van der Waals surface area contributed by atoms with Gasteiger partial charge in [0.15, 0.2) is 0 Å². The molecule has 2 rings (SSSR count). The van der Waals surface area contributed by atoms with Gasteiger partial charge in [-0.3, -0.25) is 0 Å². The quantitative estimate of drug-likeness (QED) is 0.894. The Labute approximate surface area is 121 Å². The first-order valence-electron chi connectivity index (χ1n) is 7.56. The number of anilines is 1. The largest absolute Gasteiger partial charge is 0.478 e. The molecule has 1 aliphatic rings. The minimum atomic E-state index is 0.469. The molecular weight excluding hydrogens is 252 g/mol. The molecule has 0 aliphatic heterocycles. The van der Waals surface area contributed by atoms with Gasteiger partial charge in [0.05, 0.1) is 12.2 Å². The highest BCUT2D eigenvalue weighted by atomic mass is 16.5. The molecule has 1 aliphatic carbocycles. The lowest BCUT2D eigenvalue weighted by Crippen LogP contribution is -2.43. The second-order valence-electron chi connectivity index (χ2n) is 5.52. The number of hydrogen-bond acceptors (Lipinski definition) is 5. The summed E-state index contributed by atoms with van der Waals surface area (Å²) in [6, 6.07) is 0.469. The molecule has 1 aromatic rings. The molecule has 0 aromatic carbocycles. The predicted octanol–water partition coefficient (Wildman–Crippen LogP) is 2.14. The van der Waals surface area contributed by atoms with Crippen LogP contribution in [0.25, 0.3) is 0 Å². The molecule has 0 saturated heterocycles. The van der Waals surface area contributed by atoms with Gasteiger partial charge >= 0.3 is 0 Å². The molecule has 2 unspecified atom stereocenters. The monoisotopic (exact) mass is 278 g/mol. The summed E-state index contributed by atoms with van der Waals surface area (Å²) in [4.78, 5) is 10.9. The number of nitrogens with zero attached hydrogens (tertiary/aromatic N) is 3. The fourth-order valence-corrected chi connectivity index (χ4v) is 3.19. The van der Waals surface area contributed by atoms with Crippen LogP contribution in [-0.2, 0) is 0 Å². The van der Waals surface area contributed by atoms with Crippen LogP contribution in [0.4, 0.5) is 5.82 Å². The van der Waals surface area contributed by atoms with Crippen LogP contribution >= 0.6 is 0 Å². The lowest BCUT2D eigenvalue weighted by atomic mass is 9.83. The highest BCUT2D eigenvalue weighted by Crippen LogP contribution is 2.32. The van der Waals surface area contributed by atoms with Crippen molar-refractivity contribution in [3.05, 3.63) is 11.9 Å². The summed E-state index contributed by atoms with van der Waals surface area (Å²) in [7, 11) is 2.11. The Balaban J connectivity index is 2.23. The third-order valence-corrected chi connectivity index (χ3v) is 4.30. The van der Waals surface area contributed by atoms with E-state index in [0.717, 1.165) is 17.9 Å². The first-order chi connectivity index (χ1) is 9.69. The fourth-order valence-electron chi connectivity index (χ4n) is 3.19. The summed E-state index contributed by atoms with van der Waals surface area (Å²) >= 11 is 0. The highest BCUT2D eigenvalue weighted by Gasteiger charge is 2.29. The maximum absolute atomic E-state index is 5.94. The van der Waals surface area contributed by atoms with Gasteiger partial charge in [-0.2, -0.15) is 0 Å². The second-order valence-corrected chi connectivity index (χ2v) is 5.52. The molecule has 1 saturated carbocycles. The van der Waals surface area contributed by atoms with Crippen molar-refractivity contribution in [1.29, 1.82) is 0 Å². The van der Waals surface area contributed by atoms with E-state index >= 15 is 0 Å². The van der Waals surface area contributed by atoms with E-state index in [-0.39, 0.29) is 0 Å². The third-order valence-electron chi connectivity index (χ3n) is 4.30. The molecule has 112 valence electrons. The van der Waals surface area contributed by atoms with E-state index in [0.29, 0.717) is 24.4 Å². The van der Waals surface area contributed by atoms with Crippen LogP contribution in [0.15, 0.2) is 6.33 Å². The average Bonchev–Trinajstić information content (AvgIpc) is 2.49. The van der Waals surface area contributed by atoms with Gasteiger partial charge in [0.25, 0.3) is 0 Å². The van der Waals surface area contributed by atoms with Crippen molar-refractivity contribution in [2.24, 2.45) is 11.7 Å². The Kier molecular flexibility index (Phi) is 5.17. The number of nitrogens with two attached hydrogens (primary N) is 1. The minimum absolute atomic E-state index is 0.469. The Hall–Kier alpha value is -1.36. The molecule has 2 N–H and O–H groups in total. The molecule has 20 heavy (non-hydrogen) atoms. The van der Waals surface area contributed by atoms with E-state index in [1.807, 2.05) is 13.8 Å². The summed E-state index contributed by atoms with van der Waals surface area (Å²) < 4.78 is 5.57. The average molecular weight is 278 g/mol. The first kappa shape index (κ1) is 15.0. The minimum Gasteiger partial charge on any atom is -0.478 e. The lowest BCUT2D eigenvalue weighted by molar-refractivity contribution is 0.303. The third kappa shape index (κ3) is 3.03. The normalized spacial score (nSPS) is 22.6. The van der Waals surface area contributed by atoms with Gasteiger partial charge in [-0.1, -0.05) is 12.8 Å². The number of ether oxygens (including phenoxy) is 1. The van der Waals surface area contributed by atoms with E-state index in [1.54, 1.807) is 6.33 Å².